The van der Waals surface area contributed by atoms with E-state index in [4.69, 9.17) is 9.47 Å². The summed E-state index contributed by atoms with van der Waals surface area (Å²) in [6, 6.07) is 23.5. The number of carbonyl (C=O) groups excluding carboxylic acids is 1. The minimum Gasteiger partial charge on any atom is -0.497 e. The number of hydrogen-bond donors (Lipinski definition) is 1. The van der Waals surface area contributed by atoms with Crippen LogP contribution in [-0.4, -0.2) is 29.1 Å². The topological polar surface area (TPSA) is 65.4 Å². The molecule has 0 radical (unpaired) electrons. The van der Waals surface area contributed by atoms with Crippen molar-refractivity contribution in [1.29, 1.82) is 0 Å². The van der Waals surface area contributed by atoms with E-state index in [-0.39, 0.29) is 5.91 Å². The van der Waals surface area contributed by atoms with Crippen LogP contribution in [0.4, 0.5) is 0 Å². The number of benzene rings is 3. The van der Waals surface area contributed by atoms with E-state index in [1.807, 2.05) is 84.4 Å². The van der Waals surface area contributed by atoms with Gasteiger partial charge < -0.3 is 19.4 Å². The van der Waals surface area contributed by atoms with Crippen LogP contribution in [0.3, 0.4) is 0 Å². The van der Waals surface area contributed by atoms with Gasteiger partial charge in [-0.3, -0.25) is 4.79 Å². The first-order valence-corrected chi connectivity index (χ1v) is 10.8. The number of nitrogens with one attached hydrogen (secondary N) is 1. The highest BCUT2D eigenvalue weighted by Crippen LogP contribution is 2.21. The molecule has 6 heteroatoms. The van der Waals surface area contributed by atoms with Crippen LogP contribution in [0, 0.1) is 0 Å². The Hall–Kier alpha value is -4.06. The van der Waals surface area contributed by atoms with Crippen molar-refractivity contribution in [1.82, 2.24) is 14.9 Å². The summed E-state index contributed by atoms with van der Waals surface area (Å²) in [5, 5.41) is 2.92. The molecule has 1 N–H and O–H groups in total. The Balaban J connectivity index is 1.25. The van der Waals surface area contributed by atoms with Crippen molar-refractivity contribution in [2.45, 2.75) is 13.0 Å². The van der Waals surface area contributed by atoms with E-state index in [2.05, 4.69) is 10.3 Å². The molecular weight excluding hydrogens is 414 g/mol. The fraction of sp³-hybridized carbons (Fsp3) is 0.185. The summed E-state index contributed by atoms with van der Waals surface area (Å²) in [5.41, 5.74) is 3.97. The Kier molecular flexibility index (Phi) is 7.05. The van der Waals surface area contributed by atoms with Crippen molar-refractivity contribution in [3.8, 4) is 11.5 Å². The van der Waals surface area contributed by atoms with Crippen LogP contribution >= 0.6 is 0 Å². The maximum absolute atomic E-state index is 12.2. The van der Waals surface area contributed by atoms with Crippen molar-refractivity contribution in [3.63, 3.8) is 0 Å². The zero-order valence-electron chi connectivity index (χ0n) is 18.8. The van der Waals surface area contributed by atoms with Crippen molar-refractivity contribution in [2.75, 3.05) is 13.7 Å². The number of aryl methyl sites for hydroxylation is 1. The summed E-state index contributed by atoms with van der Waals surface area (Å²) in [5.74, 6) is 2.34. The molecular formula is C27H27N3O3. The molecule has 0 spiro atoms. The van der Waals surface area contributed by atoms with Crippen LogP contribution in [0.1, 0.15) is 17.0 Å². The lowest BCUT2D eigenvalue weighted by Crippen LogP contribution is -2.24. The lowest BCUT2D eigenvalue weighted by atomic mass is 10.2. The molecule has 33 heavy (non-hydrogen) atoms. The number of ether oxygens (including phenoxy) is 2. The maximum atomic E-state index is 12.2. The number of imidazole rings is 1. The van der Waals surface area contributed by atoms with E-state index in [1.54, 1.807) is 19.3 Å². The number of aromatic nitrogens is 2. The van der Waals surface area contributed by atoms with Gasteiger partial charge in [-0.05, 0) is 41.5 Å². The standard InChI is InChI=1S/C27H27N3O3/c1-30-25-14-13-23(32-2)18-24(25)29-26(30)16-17-28-27(31)15-10-20-8-11-22(12-9-20)33-19-21-6-4-3-5-7-21/h3-15,18H,16-17,19H2,1-2H3,(H,28,31)/b15-10+. The van der Waals surface area contributed by atoms with Crippen molar-refractivity contribution >= 4 is 23.0 Å². The van der Waals surface area contributed by atoms with E-state index in [1.165, 1.54) is 0 Å². The van der Waals surface area contributed by atoms with Gasteiger partial charge in [-0.1, -0.05) is 42.5 Å². The van der Waals surface area contributed by atoms with Crippen LogP contribution < -0.4 is 14.8 Å². The van der Waals surface area contributed by atoms with Crippen molar-refractivity contribution in [2.24, 2.45) is 7.05 Å². The molecule has 6 nitrogen and oxygen atoms in total. The molecule has 4 rings (SSSR count). The number of rotatable bonds is 9. The average molecular weight is 442 g/mol. The average Bonchev–Trinajstić information content (AvgIpc) is 3.17. The Morgan fingerprint density at radius 3 is 2.55 bits per heavy atom. The molecule has 0 aliphatic rings. The fourth-order valence-corrected chi connectivity index (χ4v) is 3.52. The van der Waals surface area contributed by atoms with E-state index in [0.717, 1.165) is 39.5 Å². The van der Waals surface area contributed by atoms with Crippen LogP contribution in [0.2, 0.25) is 0 Å². The molecule has 0 saturated heterocycles. The molecule has 168 valence electrons. The Labute approximate surface area is 193 Å². The zero-order chi connectivity index (χ0) is 23.0. The second kappa shape index (κ2) is 10.5. The molecule has 0 aliphatic carbocycles. The van der Waals surface area contributed by atoms with Crippen LogP contribution in [0.5, 0.6) is 11.5 Å². The van der Waals surface area contributed by atoms with E-state index >= 15 is 0 Å². The highest BCUT2D eigenvalue weighted by molar-refractivity contribution is 5.91. The number of nitrogens with zero attached hydrogens (tertiary/aromatic N) is 2. The van der Waals surface area contributed by atoms with E-state index < -0.39 is 0 Å². The minimum absolute atomic E-state index is 0.139. The first-order valence-electron chi connectivity index (χ1n) is 10.8. The van der Waals surface area contributed by atoms with Gasteiger partial charge in [0.25, 0.3) is 0 Å². The van der Waals surface area contributed by atoms with Crippen LogP contribution in [0.25, 0.3) is 17.1 Å². The quantitative estimate of drug-likeness (QED) is 0.388. The molecule has 0 saturated carbocycles. The molecule has 0 bridgehead atoms. The maximum Gasteiger partial charge on any atom is 0.244 e. The van der Waals surface area contributed by atoms with E-state index in [9.17, 15) is 4.79 Å². The lowest BCUT2D eigenvalue weighted by Gasteiger charge is -2.06. The fourth-order valence-electron chi connectivity index (χ4n) is 3.52. The molecule has 1 aromatic heterocycles. The summed E-state index contributed by atoms with van der Waals surface area (Å²) < 4.78 is 13.1. The molecule has 4 aromatic rings. The number of fused-ring (bicyclic) bond motifs is 1. The second-order valence-corrected chi connectivity index (χ2v) is 7.66. The normalized spacial score (nSPS) is 11.1. The number of amides is 1. The van der Waals surface area contributed by atoms with E-state index in [0.29, 0.717) is 19.6 Å². The van der Waals surface area contributed by atoms with Gasteiger partial charge in [-0.25, -0.2) is 4.98 Å². The summed E-state index contributed by atoms with van der Waals surface area (Å²) in [7, 11) is 3.62. The first-order chi connectivity index (χ1) is 16.1. The SMILES string of the molecule is COc1ccc2c(c1)nc(CCNC(=O)/C=C/c1ccc(OCc3ccccc3)cc1)n2C. The summed E-state index contributed by atoms with van der Waals surface area (Å²) in [6.45, 7) is 1.03. The van der Waals surface area contributed by atoms with Crippen molar-refractivity contribution in [3.05, 3.63) is 95.8 Å². The van der Waals surface area contributed by atoms with Gasteiger partial charge in [0.15, 0.2) is 0 Å². The number of carbonyl (C=O) groups is 1. The van der Waals surface area contributed by atoms with Gasteiger partial charge in [0, 0.05) is 32.2 Å². The summed E-state index contributed by atoms with van der Waals surface area (Å²) >= 11 is 0. The smallest absolute Gasteiger partial charge is 0.244 e. The zero-order valence-corrected chi connectivity index (χ0v) is 18.8. The third-order valence-electron chi connectivity index (χ3n) is 5.38. The Morgan fingerprint density at radius 2 is 1.79 bits per heavy atom. The van der Waals surface area contributed by atoms with Gasteiger partial charge in [-0.2, -0.15) is 0 Å². The summed E-state index contributed by atoms with van der Waals surface area (Å²) in [6.07, 6.45) is 3.97. The largest absolute Gasteiger partial charge is 0.497 e. The molecule has 3 aromatic carbocycles. The molecule has 0 atom stereocenters. The lowest BCUT2D eigenvalue weighted by molar-refractivity contribution is -0.116. The van der Waals surface area contributed by atoms with Crippen LogP contribution in [-0.2, 0) is 24.9 Å². The highest BCUT2D eigenvalue weighted by atomic mass is 16.5. The predicted octanol–water partition coefficient (Wildman–Crippen LogP) is 4.53. The monoisotopic (exact) mass is 441 g/mol. The first kappa shape index (κ1) is 22.1. The van der Waals surface area contributed by atoms with Gasteiger partial charge in [-0.15, -0.1) is 0 Å². The molecule has 0 unspecified atom stereocenters. The molecule has 0 fully saturated rings. The summed E-state index contributed by atoms with van der Waals surface area (Å²) in [4.78, 5) is 16.9. The van der Waals surface area contributed by atoms with Gasteiger partial charge in [0.05, 0.1) is 18.1 Å². The van der Waals surface area contributed by atoms with Crippen LogP contribution in [0.15, 0.2) is 78.9 Å². The molecule has 1 amide bonds. The van der Waals surface area contributed by atoms with Gasteiger partial charge in [0.2, 0.25) is 5.91 Å². The minimum atomic E-state index is -0.139. The van der Waals surface area contributed by atoms with Gasteiger partial charge in [0.1, 0.15) is 23.9 Å². The number of hydrogen-bond acceptors (Lipinski definition) is 4. The second-order valence-electron chi connectivity index (χ2n) is 7.66. The predicted molar refractivity (Wildman–Crippen MR) is 130 cm³/mol. The number of methoxy groups -OCH3 is 1. The molecule has 0 aliphatic heterocycles. The molecule has 1 heterocycles. The van der Waals surface area contributed by atoms with Crippen molar-refractivity contribution < 1.29 is 14.3 Å². The Bertz CT molecular complexity index is 1250. The Morgan fingerprint density at radius 1 is 1.03 bits per heavy atom. The van der Waals surface area contributed by atoms with Gasteiger partial charge >= 0.3 is 0 Å². The third kappa shape index (κ3) is 5.80. The highest BCUT2D eigenvalue weighted by Gasteiger charge is 2.09. The third-order valence-corrected chi connectivity index (χ3v) is 5.38.